The molecule has 152 valence electrons. The molecule has 1 amide bonds. The predicted molar refractivity (Wildman–Crippen MR) is 129 cm³/mol. The van der Waals surface area contributed by atoms with Crippen LogP contribution < -0.4 is 4.90 Å². The zero-order valence-corrected chi connectivity index (χ0v) is 19.9. The van der Waals surface area contributed by atoms with E-state index in [0.717, 1.165) is 57.3 Å². The van der Waals surface area contributed by atoms with Gasteiger partial charge in [-0.05, 0) is 59.2 Å². The van der Waals surface area contributed by atoms with Crippen molar-refractivity contribution in [2.45, 2.75) is 4.90 Å². The highest BCUT2D eigenvalue weighted by molar-refractivity contribution is 14.1. The minimum absolute atomic E-state index is 0.00686. The van der Waals surface area contributed by atoms with E-state index in [1.807, 2.05) is 35.2 Å². The molecule has 1 aromatic heterocycles. The monoisotopic (exact) mass is 539 g/mol. The van der Waals surface area contributed by atoms with Gasteiger partial charge >= 0.3 is 0 Å². The normalized spacial score (nSPS) is 15.0. The molecule has 1 fully saturated rings. The molecule has 1 aliphatic rings. The van der Waals surface area contributed by atoms with Crippen LogP contribution in [0.3, 0.4) is 0 Å². The molecule has 2 aromatic carbocycles. The SMILES string of the molecule is CSc1ccc2nc(N(CCN3CCOCC3)C(=O)c3ccccc3I)sc2c1. The molecule has 5 nitrogen and oxygen atoms in total. The van der Waals surface area contributed by atoms with Crippen molar-refractivity contribution in [1.82, 2.24) is 9.88 Å². The van der Waals surface area contributed by atoms with Crippen LogP contribution in [0.1, 0.15) is 10.4 Å². The highest BCUT2D eigenvalue weighted by atomic mass is 127. The summed E-state index contributed by atoms with van der Waals surface area (Å²) in [7, 11) is 0. The molecule has 0 radical (unpaired) electrons. The topological polar surface area (TPSA) is 45.7 Å². The van der Waals surface area contributed by atoms with Crippen LogP contribution in [0.4, 0.5) is 5.13 Å². The maximum absolute atomic E-state index is 13.5. The van der Waals surface area contributed by atoms with Gasteiger partial charge in [-0.15, -0.1) is 11.8 Å². The van der Waals surface area contributed by atoms with Gasteiger partial charge in [0.2, 0.25) is 0 Å². The summed E-state index contributed by atoms with van der Waals surface area (Å²) in [6.07, 6.45) is 2.07. The van der Waals surface area contributed by atoms with Crippen LogP contribution in [-0.4, -0.2) is 61.4 Å². The van der Waals surface area contributed by atoms with Crippen molar-refractivity contribution in [2.24, 2.45) is 0 Å². The van der Waals surface area contributed by atoms with Gasteiger partial charge in [-0.25, -0.2) is 4.98 Å². The predicted octanol–water partition coefficient (Wildman–Crippen LogP) is 4.60. The zero-order valence-electron chi connectivity index (χ0n) is 16.1. The summed E-state index contributed by atoms with van der Waals surface area (Å²) in [5.41, 5.74) is 1.66. The quantitative estimate of drug-likeness (QED) is 0.339. The number of carbonyl (C=O) groups excluding carboxylic acids is 1. The summed E-state index contributed by atoms with van der Waals surface area (Å²) in [6.45, 7) is 4.74. The van der Waals surface area contributed by atoms with Crippen LogP contribution in [0.25, 0.3) is 10.2 Å². The third kappa shape index (κ3) is 4.93. The number of thioether (sulfide) groups is 1. The smallest absolute Gasteiger partial charge is 0.261 e. The van der Waals surface area contributed by atoms with E-state index in [0.29, 0.717) is 6.54 Å². The summed E-state index contributed by atoms with van der Waals surface area (Å²) >= 11 is 5.53. The number of benzene rings is 2. The maximum Gasteiger partial charge on any atom is 0.261 e. The third-order valence-corrected chi connectivity index (χ3v) is 7.62. The minimum atomic E-state index is 0.00686. The molecule has 2 heterocycles. The first-order valence-corrected chi connectivity index (χ1v) is 12.6. The average Bonchev–Trinajstić information content (AvgIpc) is 3.17. The van der Waals surface area contributed by atoms with Gasteiger partial charge in [-0.1, -0.05) is 23.5 Å². The number of morpholine rings is 1. The Morgan fingerprint density at radius 1 is 1.28 bits per heavy atom. The Morgan fingerprint density at radius 3 is 2.83 bits per heavy atom. The lowest BCUT2D eigenvalue weighted by Crippen LogP contribution is -2.43. The second kappa shape index (κ2) is 9.74. The third-order valence-electron chi connectivity index (χ3n) is 4.91. The molecule has 1 aliphatic heterocycles. The van der Waals surface area contributed by atoms with Gasteiger partial charge in [-0.3, -0.25) is 14.6 Å². The number of ether oxygens (including phenoxy) is 1. The molecule has 0 aliphatic carbocycles. The number of hydrogen-bond donors (Lipinski definition) is 0. The lowest BCUT2D eigenvalue weighted by Gasteiger charge is -2.29. The Bertz CT molecular complexity index is 1000. The highest BCUT2D eigenvalue weighted by Crippen LogP contribution is 2.32. The first-order valence-electron chi connectivity index (χ1n) is 9.47. The molecule has 4 rings (SSSR count). The number of fused-ring (bicyclic) bond motifs is 1. The van der Waals surface area contributed by atoms with E-state index in [2.05, 4.69) is 45.9 Å². The number of anilines is 1. The Morgan fingerprint density at radius 2 is 2.07 bits per heavy atom. The molecule has 0 spiro atoms. The van der Waals surface area contributed by atoms with Crippen molar-refractivity contribution in [2.75, 3.05) is 50.5 Å². The number of hydrogen-bond acceptors (Lipinski definition) is 6. The van der Waals surface area contributed by atoms with E-state index in [9.17, 15) is 4.79 Å². The van der Waals surface area contributed by atoms with Crippen LogP contribution in [0.15, 0.2) is 47.4 Å². The summed E-state index contributed by atoms with van der Waals surface area (Å²) in [5.74, 6) is 0.00686. The number of halogens is 1. The summed E-state index contributed by atoms with van der Waals surface area (Å²) in [4.78, 5) is 23.7. The molecular weight excluding hydrogens is 517 g/mol. The molecule has 3 aromatic rings. The van der Waals surface area contributed by atoms with E-state index in [4.69, 9.17) is 9.72 Å². The fourth-order valence-corrected chi connectivity index (χ4v) is 5.43. The van der Waals surface area contributed by atoms with Crippen molar-refractivity contribution in [3.63, 3.8) is 0 Å². The van der Waals surface area contributed by atoms with E-state index in [1.165, 1.54) is 4.90 Å². The van der Waals surface area contributed by atoms with Crippen molar-refractivity contribution in [1.29, 1.82) is 0 Å². The van der Waals surface area contributed by atoms with Gasteiger partial charge < -0.3 is 4.74 Å². The molecule has 0 atom stereocenters. The van der Waals surface area contributed by atoms with Crippen LogP contribution in [-0.2, 0) is 4.74 Å². The fourth-order valence-electron chi connectivity index (χ4n) is 3.27. The lowest BCUT2D eigenvalue weighted by atomic mass is 10.2. The Hall–Kier alpha value is -1.20. The maximum atomic E-state index is 13.5. The van der Waals surface area contributed by atoms with Crippen molar-refractivity contribution >= 4 is 66.9 Å². The fraction of sp³-hybridized carbons (Fsp3) is 0.333. The van der Waals surface area contributed by atoms with Gasteiger partial charge in [-0.2, -0.15) is 0 Å². The molecular formula is C21H22IN3O2S2. The van der Waals surface area contributed by atoms with Gasteiger partial charge in [0, 0.05) is 34.6 Å². The molecule has 8 heteroatoms. The number of nitrogens with zero attached hydrogens (tertiary/aromatic N) is 3. The van der Waals surface area contributed by atoms with Crippen LogP contribution >= 0.6 is 45.7 Å². The number of rotatable bonds is 6. The second-order valence-corrected chi connectivity index (χ2v) is 9.77. The van der Waals surface area contributed by atoms with E-state index in [-0.39, 0.29) is 5.91 Å². The zero-order chi connectivity index (χ0) is 20.2. The lowest BCUT2D eigenvalue weighted by molar-refractivity contribution is 0.0391. The standard InChI is InChI=1S/C21H22IN3O2S2/c1-28-15-6-7-18-19(14-15)29-21(23-18)25(9-8-24-10-12-27-13-11-24)20(26)16-4-2-3-5-17(16)22/h2-7,14H,8-13H2,1H3. The number of aromatic nitrogens is 1. The molecule has 0 bridgehead atoms. The molecule has 1 saturated heterocycles. The number of thiazole rings is 1. The molecule has 0 saturated carbocycles. The average molecular weight is 539 g/mol. The summed E-state index contributed by atoms with van der Waals surface area (Å²) in [6, 6.07) is 14.0. The largest absolute Gasteiger partial charge is 0.379 e. The first-order chi connectivity index (χ1) is 14.2. The van der Waals surface area contributed by atoms with Gasteiger partial charge in [0.05, 0.1) is 29.0 Å². The minimum Gasteiger partial charge on any atom is -0.379 e. The number of carbonyl (C=O) groups is 1. The van der Waals surface area contributed by atoms with Crippen LogP contribution in [0, 0.1) is 3.57 Å². The Labute approximate surface area is 192 Å². The highest BCUT2D eigenvalue weighted by Gasteiger charge is 2.24. The van der Waals surface area contributed by atoms with Crippen LogP contribution in [0.2, 0.25) is 0 Å². The number of amides is 1. The van der Waals surface area contributed by atoms with Gasteiger partial charge in [0.25, 0.3) is 5.91 Å². The van der Waals surface area contributed by atoms with E-state index in [1.54, 1.807) is 23.1 Å². The summed E-state index contributed by atoms with van der Waals surface area (Å²) in [5, 5.41) is 0.760. The Balaban J connectivity index is 1.65. The van der Waals surface area contributed by atoms with Crippen molar-refractivity contribution in [3.05, 3.63) is 51.6 Å². The van der Waals surface area contributed by atoms with E-state index >= 15 is 0 Å². The Kier molecular flexibility index (Phi) is 7.07. The second-order valence-electron chi connectivity index (χ2n) is 6.72. The van der Waals surface area contributed by atoms with Gasteiger partial charge in [0.1, 0.15) is 0 Å². The van der Waals surface area contributed by atoms with E-state index < -0.39 is 0 Å². The van der Waals surface area contributed by atoms with Gasteiger partial charge in [0.15, 0.2) is 5.13 Å². The van der Waals surface area contributed by atoms with Crippen molar-refractivity contribution < 1.29 is 9.53 Å². The van der Waals surface area contributed by atoms with Crippen molar-refractivity contribution in [3.8, 4) is 0 Å². The van der Waals surface area contributed by atoms with Crippen LogP contribution in [0.5, 0.6) is 0 Å². The first kappa shape index (κ1) is 21.0. The summed E-state index contributed by atoms with van der Waals surface area (Å²) < 4.78 is 7.52. The molecule has 29 heavy (non-hydrogen) atoms. The molecule has 0 unspecified atom stereocenters. The molecule has 0 N–H and O–H groups in total.